The van der Waals surface area contributed by atoms with E-state index < -0.39 is 0 Å². The monoisotopic (exact) mass is 266 g/mol. The maximum Gasteiger partial charge on any atom is 0.0361 e. The van der Waals surface area contributed by atoms with Crippen LogP contribution in [0.2, 0.25) is 0 Å². The van der Waals surface area contributed by atoms with Crippen LogP contribution in [0.3, 0.4) is 0 Å². The third kappa shape index (κ3) is 3.28. The summed E-state index contributed by atoms with van der Waals surface area (Å²) in [4.78, 5) is 2.11. The van der Waals surface area contributed by atoms with E-state index in [4.69, 9.17) is 5.73 Å². The van der Waals surface area contributed by atoms with E-state index in [0.29, 0.717) is 6.54 Å². The first-order valence-electron chi connectivity index (χ1n) is 6.87. The molecule has 20 heavy (non-hydrogen) atoms. The van der Waals surface area contributed by atoms with Crippen molar-refractivity contribution in [2.75, 3.05) is 25.5 Å². The van der Waals surface area contributed by atoms with Gasteiger partial charge >= 0.3 is 0 Å². The zero-order chi connectivity index (χ0) is 14.5. The van der Waals surface area contributed by atoms with Gasteiger partial charge in [0, 0.05) is 26.3 Å². The minimum absolute atomic E-state index is 0.583. The van der Waals surface area contributed by atoms with Crippen molar-refractivity contribution in [2.45, 2.75) is 6.92 Å². The molecule has 2 rings (SSSR count). The number of anilines is 1. The van der Waals surface area contributed by atoms with Crippen molar-refractivity contribution in [3.8, 4) is 11.1 Å². The lowest BCUT2D eigenvalue weighted by molar-refractivity contribution is 1.13. The minimum Gasteiger partial charge on any atom is -0.378 e. The van der Waals surface area contributed by atoms with Gasteiger partial charge in [0.15, 0.2) is 0 Å². The predicted molar refractivity (Wildman–Crippen MR) is 88.9 cm³/mol. The van der Waals surface area contributed by atoms with E-state index in [0.717, 1.165) is 0 Å². The van der Waals surface area contributed by atoms with E-state index in [2.05, 4.69) is 74.4 Å². The lowest BCUT2D eigenvalue weighted by Gasteiger charge is -2.13. The molecular weight excluding hydrogens is 244 g/mol. The summed E-state index contributed by atoms with van der Waals surface area (Å²) in [6, 6.07) is 17.2. The van der Waals surface area contributed by atoms with Crippen LogP contribution in [0.1, 0.15) is 12.5 Å². The highest BCUT2D eigenvalue weighted by Gasteiger charge is 2.00. The average Bonchev–Trinajstić information content (AvgIpc) is 2.48. The van der Waals surface area contributed by atoms with E-state index >= 15 is 0 Å². The fraction of sp³-hybridized carbons (Fsp3) is 0.222. The average molecular weight is 266 g/mol. The second kappa shape index (κ2) is 6.40. The summed E-state index contributed by atoms with van der Waals surface area (Å²) in [5, 5.41) is 0. The highest BCUT2D eigenvalue weighted by atomic mass is 15.1. The number of nitrogens with zero attached hydrogens (tertiary/aromatic N) is 1. The summed E-state index contributed by atoms with van der Waals surface area (Å²) in [5.74, 6) is 0. The van der Waals surface area contributed by atoms with E-state index in [1.807, 2.05) is 6.08 Å². The van der Waals surface area contributed by atoms with Crippen LogP contribution in [0, 0.1) is 0 Å². The maximum absolute atomic E-state index is 5.55. The highest BCUT2D eigenvalue weighted by Crippen LogP contribution is 2.24. The number of rotatable bonds is 4. The third-order valence-electron chi connectivity index (χ3n) is 3.48. The fourth-order valence-electron chi connectivity index (χ4n) is 2.17. The van der Waals surface area contributed by atoms with Gasteiger partial charge in [0.25, 0.3) is 0 Å². The van der Waals surface area contributed by atoms with Crippen LogP contribution >= 0.6 is 0 Å². The third-order valence-corrected chi connectivity index (χ3v) is 3.48. The van der Waals surface area contributed by atoms with E-state index in [9.17, 15) is 0 Å². The molecule has 0 heterocycles. The lowest BCUT2D eigenvalue weighted by atomic mass is 10.0. The number of benzene rings is 2. The standard InChI is InChI=1S/C18H22N2/c1-14(12-13-19)15-4-6-16(7-5-15)17-8-10-18(11-9-17)20(2)3/h4-12H,13,19H2,1-3H3/b14-12+. The molecule has 0 saturated heterocycles. The van der Waals surface area contributed by atoms with Crippen molar-refractivity contribution in [3.63, 3.8) is 0 Å². The molecule has 0 unspecified atom stereocenters. The summed E-state index contributed by atoms with van der Waals surface area (Å²) >= 11 is 0. The molecule has 2 nitrogen and oxygen atoms in total. The molecule has 2 N–H and O–H groups in total. The van der Waals surface area contributed by atoms with Gasteiger partial charge in [-0.1, -0.05) is 42.5 Å². The van der Waals surface area contributed by atoms with Gasteiger partial charge in [-0.05, 0) is 41.3 Å². The van der Waals surface area contributed by atoms with Crippen LogP contribution in [-0.2, 0) is 0 Å². The van der Waals surface area contributed by atoms with Crippen LogP contribution in [0.25, 0.3) is 16.7 Å². The Bertz CT molecular complexity index is 578. The number of allylic oxidation sites excluding steroid dienone is 1. The van der Waals surface area contributed by atoms with Crippen molar-refractivity contribution in [2.24, 2.45) is 5.73 Å². The Morgan fingerprint density at radius 2 is 1.45 bits per heavy atom. The second-order valence-corrected chi connectivity index (χ2v) is 5.14. The number of hydrogen-bond donors (Lipinski definition) is 1. The van der Waals surface area contributed by atoms with Gasteiger partial charge < -0.3 is 10.6 Å². The maximum atomic E-state index is 5.55. The Hall–Kier alpha value is -2.06. The number of nitrogens with two attached hydrogens (primary N) is 1. The quantitative estimate of drug-likeness (QED) is 0.912. The molecule has 0 atom stereocenters. The Morgan fingerprint density at radius 3 is 1.90 bits per heavy atom. The van der Waals surface area contributed by atoms with Gasteiger partial charge in [0.05, 0.1) is 0 Å². The largest absolute Gasteiger partial charge is 0.378 e. The van der Waals surface area contributed by atoms with E-state index in [1.54, 1.807) is 0 Å². The Labute approximate surface area is 121 Å². The van der Waals surface area contributed by atoms with Gasteiger partial charge in [0.2, 0.25) is 0 Å². The first kappa shape index (κ1) is 14.4. The second-order valence-electron chi connectivity index (χ2n) is 5.14. The van der Waals surface area contributed by atoms with Crippen LogP contribution in [0.5, 0.6) is 0 Å². The molecule has 0 aliphatic carbocycles. The Balaban J connectivity index is 2.23. The first-order valence-corrected chi connectivity index (χ1v) is 6.87. The van der Waals surface area contributed by atoms with Crippen molar-refractivity contribution in [3.05, 3.63) is 60.2 Å². The van der Waals surface area contributed by atoms with E-state index in [-0.39, 0.29) is 0 Å². The summed E-state index contributed by atoms with van der Waals surface area (Å²) in [7, 11) is 4.10. The summed E-state index contributed by atoms with van der Waals surface area (Å²) in [5.41, 5.74) is 11.7. The molecular formula is C18H22N2. The fourth-order valence-corrected chi connectivity index (χ4v) is 2.17. The zero-order valence-electron chi connectivity index (χ0n) is 12.4. The molecule has 0 amide bonds. The van der Waals surface area contributed by atoms with Gasteiger partial charge in [0.1, 0.15) is 0 Å². The van der Waals surface area contributed by atoms with Crippen LogP contribution < -0.4 is 10.6 Å². The molecule has 0 fully saturated rings. The smallest absolute Gasteiger partial charge is 0.0361 e. The molecule has 2 aromatic rings. The molecule has 0 aliphatic heterocycles. The zero-order valence-corrected chi connectivity index (χ0v) is 12.4. The van der Waals surface area contributed by atoms with Crippen molar-refractivity contribution < 1.29 is 0 Å². The molecule has 104 valence electrons. The molecule has 2 heteroatoms. The summed E-state index contributed by atoms with van der Waals surface area (Å²) < 4.78 is 0. The summed E-state index contributed by atoms with van der Waals surface area (Å²) in [6.07, 6.45) is 2.04. The van der Waals surface area contributed by atoms with Crippen LogP contribution in [0.15, 0.2) is 54.6 Å². The predicted octanol–water partition coefficient (Wildman–Crippen LogP) is 3.78. The molecule has 0 bridgehead atoms. The number of hydrogen-bond acceptors (Lipinski definition) is 2. The topological polar surface area (TPSA) is 29.3 Å². The molecule has 0 spiro atoms. The van der Waals surface area contributed by atoms with E-state index in [1.165, 1.54) is 28.0 Å². The molecule has 0 aliphatic rings. The van der Waals surface area contributed by atoms with Gasteiger partial charge in [-0.2, -0.15) is 0 Å². The minimum atomic E-state index is 0.583. The molecule has 2 aromatic carbocycles. The molecule has 0 radical (unpaired) electrons. The SMILES string of the molecule is C/C(=C\CN)c1ccc(-c2ccc(N(C)C)cc2)cc1. The normalized spacial score (nSPS) is 11.5. The van der Waals surface area contributed by atoms with Crippen molar-refractivity contribution in [1.82, 2.24) is 0 Å². The van der Waals surface area contributed by atoms with Crippen LogP contribution in [-0.4, -0.2) is 20.6 Å². The van der Waals surface area contributed by atoms with Crippen molar-refractivity contribution >= 4 is 11.3 Å². The molecule has 0 saturated carbocycles. The van der Waals surface area contributed by atoms with Gasteiger partial charge in [-0.3, -0.25) is 0 Å². The first-order chi connectivity index (χ1) is 9.61. The Kier molecular flexibility index (Phi) is 4.59. The lowest BCUT2D eigenvalue weighted by Crippen LogP contribution is -2.07. The van der Waals surface area contributed by atoms with Crippen LogP contribution in [0.4, 0.5) is 5.69 Å². The van der Waals surface area contributed by atoms with Gasteiger partial charge in [-0.25, -0.2) is 0 Å². The Morgan fingerprint density at radius 1 is 0.950 bits per heavy atom. The highest BCUT2D eigenvalue weighted by molar-refractivity contribution is 5.70. The summed E-state index contributed by atoms with van der Waals surface area (Å²) in [6.45, 7) is 2.67. The van der Waals surface area contributed by atoms with Gasteiger partial charge in [-0.15, -0.1) is 0 Å². The van der Waals surface area contributed by atoms with Crippen molar-refractivity contribution in [1.29, 1.82) is 0 Å². The molecule has 0 aromatic heterocycles.